The molecule has 0 saturated carbocycles. The molecule has 0 rings (SSSR count). The van der Waals surface area contributed by atoms with Crippen molar-refractivity contribution in [3.63, 3.8) is 0 Å². The van der Waals surface area contributed by atoms with Gasteiger partial charge in [-0.05, 0) is 19.3 Å². The Morgan fingerprint density at radius 2 is 0.750 bits per heavy atom. The van der Waals surface area contributed by atoms with Crippen LogP contribution >= 0.6 is 0 Å². The molecule has 0 heterocycles. The molecule has 0 aliphatic carbocycles. The molecule has 0 saturated heterocycles. The monoisotopic (exact) mass is 278 g/mol. The zero-order valence-corrected chi connectivity index (χ0v) is 12.2. The van der Waals surface area contributed by atoms with Crippen molar-refractivity contribution in [3.05, 3.63) is 0 Å². The number of hydrogen-bond acceptors (Lipinski definition) is 3. The minimum Gasteiger partial charge on any atom is -0.396 e. The quantitative estimate of drug-likeness (QED) is 0.653. The Morgan fingerprint density at radius 3 is 0.750 bits per heavy atom. The van der Waals surface area contributed by atoms with Gasteiger partial charge in [0, 0.05) is 36.9 Å². The minimum absolute atomic E-state index is 0. The molecule has 0 amide bonds. The van der Waals surface area contributed by atoms with Crippen molar-refractivity contribution in [2.24, 2.45) is 0 Å². The Bertz CT molecular complexity index is 53.0. The van der Waals surface area contributed by atoms with Gasteiger partial charge in [0.2, 0.25) is 0 Å². The number of hydrogen-bond donors (Lipinski definition) is 3. The number of unbranched alkanes of at least 4 members (excludes halogenated alkanes) is 3. The fraction of sp³-hybridized carbons (Fsp3) is 1.00. The van der Waals surface area contributed by atoms with Gasteiger partial charge in [0.1, 0.15) is 0 Å². The molecule has 0 fully saturated rings. The van der Waals surface area contributed by atoms with Crippen LogP contribution in [0, 0.1) is 0 Å². The predicted octanol–water partition coefficient (Wildman–Crippen LogP) is 2.33. The van der Waals surface area contributed by atoms with E-state index in [0.717, 1.165) is 38.5 Å². The summed E-state index contributed by atoms with van der Waals surface area (Å²) in [4.78, 5) is 0. The molecule has 0 radical (unpaired) electrons. The van der Waals surface area contributed by atoms with Crippen molar-refractivity contribution in [2.75, 3.05) is 19.8 Å². The Balaban J connectivity index is -0.0000000655. The minimum atomic E-state index is 0. The van der Waals surface area contributed by atoms with Gasteiger partial charge in [-0.2, -0.15) is 0 Å². The van der Waals surface area contributed by atoms with Crippen molar-refractivity contribution < 1.29 is 32.4 Å². The van der Waals surface area contributed by atoms with Gasteiger partial charge in [0.25, 0.3) is 0 Å². The summed E-state index contributed by atoms with van der Waals surface area (Å²) in [5, 5.41) is 24.2. The molecular formula is C12H30FeO3. The van der Waals surface area contributed by atoms with E-state index in [1.54, 1.807) is 0 Å². The molecule has 104 valence electrons. The van der Waals surface area contributed by atoms with Crippen LogP contribution in [0.25, 0.3) is 0 Å². The topological polar surface area (TPSA) is 60.7 Å². The van der Waals surface area contributed by atoms with E-state index in [1.807, 2.05) is 0 Å². The van der Waals surface area contributed by atoms with Crippen LogP contribution in [0.5, 0.6) is 0 Å². The average molecular weight is 278 g/mol. The third kappa shape index (κ3) is 63.1. The first-order valence-electron chi connectivity index (χ1n) is 6.07. The van der Waals surface area contributed by atoms with E-state index in [9.17, 15) is 0 Å². The first kappa shape index (κ1) is 25.3. The van der Waals surface area contributed by atoms with E-state index in [2.05, 4.69) is 20.8 Å². The molecule has 0 atom stereocenters. The standard InChI is InChI=1S/3C4H10O.Fe/c3*1-2-3-4-5;/h3*5H,2-4H2,1H3;. The average Bonchev–Trinajstić information content (AvgIpc) is 2.23. The molecular weight excluding hydrogens is 248 g/mol. The second kappa shape index (κ2) is 36.1. The normalized spacial score (nSPS) is 7.88. The van der Waals surface area contributed by atoms with Gasteiger partial charge in [-0.3, -0.25) is 0 Å². The Kier molecular flexibility index (Phi) is 57.1. The van der Waals surface area contributed by atoms with Crippen LogP contribution in [0.3, 0.4) is 0 Å². The van der Waals surface area contributed by atoms with E-state index in [0.29, 0.717) is 19.8 Å². The summed E-state index contributed by atoms with van der Waals surface area (Å²) in [6.07, 6.45) is 6.11. The van der Waals surface area contributed by atoms with Crippen LogP contribution in [0.2, 0.25) is 0 Å². The predicted molar refractivity (Wildman–Crippen MR) is 66.0 cm³/mol. The zero-order chi connectivity index (χ0) is 12.4. The molecule has 0 aliphatic rings. The molecule has 3 nitrogen and oxygen atoms in total. The summed E-state index contributed by atoms with van der Waals surface area (Å²) in [5.74, 6) is 0. The first-order valence-corrected chi connectivity index (χ1v) is 6.07. The maximum atomic E-state index is 8.07. The number of rotatable bonds is 6. The Labute approximate surface area is 112 Å². The van der Waals surface area contributed by atoms with E-state index in [4.69, 9.17) is 15.3 Å². The van der Waals surface area contributed by atoms with E-state index in [-0.39, 0.29) is 17.1 Å². The second-order valence-corrected chi connectivity index (χ2v) is 3.23. The molecule has 0 bridgehead atoms. The molecule has 0 aromatic carbocycles. The Hall–Kier alpha value is 0.399. The van der Waals surface area contributed by atoms with Crippen molar-refractivity contribution in [3.8, 4) is 0 Å². The van der Waals surface area contributed by atoms with Crippen LogP contribution < -0.4 is 0 Å². The molecule has 0 spiro atoms. The van der Waals surface area contributed by atoms with Crippen molar-refractivity contribution >= 4 is 0 Å². The van der Waals surface area contributed by atoms with Crippen LogP contribution in [-0.2, 0) is 17.1 Å². The summed E-state index contributed by atoms with van der Waals surface area (Å²) in [5.41, 5.74) is 0. The molecule has 0 aromatic heterocycles. The molecule has 16 heavy (non-hydrogen) atoms. The first-order chi connectivity index (χ1) is 7.24. The van der Waals surface area contributed by atoms with Gasteiger partial charge in [0.15, 0.2) is 0 Å². The molecule has 0 aliphatic heterocycles. The Morgan fingerprint density at radius 1 is 0.562 bits per heavy atom. The fourth-order valence-corrected chi connectivity index (χ4v) is 0.474. The van der Waals surface area contributed by atoms with Crippen molar-refractivity contribution in [1.29, 1.82) is 0 Å². The van der Waals surface area contributed by atoms with Gasteiger partial charge in [0.05, 0.1) is 0 Å². The van der Waals surface area contributed by atoms with Crippen LogP contribution in [0.4, 0.5) is 0 Å². The zero-order valence-electron chi connectivity index (χ0n) is 11.1. The van der Waals surface area contributed by atoms with Crippen molar-refractivity contribution in [1.82, 2.24) is 0 Å². The summed E-state index contributed by atoms with van der Waals surface area (Å²) in [7, 11) is 0. The summed E-state index contributed by atoms with van der Waals surface area (Å²) in [6, 6.07) is 0. The van der Waals surface area contributed by atoms with Gasteiger partial charge < -0.3 is 15.3 Å². The van der Waals surface area contributed by atoms with Crippen LogP contribution in [0.15, 0.2) is 0 Å². The number of aliphatic hydroxyl groups is 3. The molecule has 0 unspecified atom stereocenters. The summed E-state index contributed by atoms with van der Waals surface area (Å²) >= 11 is 0. The maximum Gasteiger partial charge on any atom is 0.0430 e. The summed E-state index contributed by atoms with van der Waals surface area (Å²) < 4.78 is 0. The van der Waals surface area contributed by atoms with Crippen LogP contribution in [-0.4, -0.2) is 35.1 Å². The van der Waals surface area contributed by atoms with E-state index in [1.165, 1.54) is 0 Å². The van der Waals surface area contributed by atoms with Gasteiger partial charge in [-0.25, -0.2) is 0 Å². The van der Waals surface area contributed by atoms with Gasteiger partial charge in [-0.1, -0.05) is 40.0 Å². The smallest absolute Gasteiger partial charge is 0.0430 e. The number of aliphatic hydroxyl groups excluding tert-OH is 3. The molecule has 3 N–H and O–H groups in total. The van der Waals surface area contributed by atoms with Crippen molar-refractivity contribution in [2.45, 2.75) is 59.3 Å². The second-order valence-electron chi connectivity index (χ2n) is 3.23. The molecule has 4 heteroatoms. The third-order valence-electron chi connectivity index (χ3n) is 1.54. The van der Waals surface area contributed by atoms with Gasteiger partial charge >= 0.3 is 0 Å². The van der Waals surface area contributed by atoms with E-state index >= 15 is 0 Å². The summed E-state index contributed by atoms with van der Waals surface area (Å²) in [6.45, 7) is 7.19. The fourth-order valence-electron chi connectivity index (χ4n) is 0.474. The SMILES string of the molecule is CCCCO.CCCCO.CCCCO.[Fe]. The third-order valence-corrected chi connectivity index (χ3v) is 1.54. The van der Waals surface area contributed by atoms with Gasteiger partial charge in [-0.15, -0.1) is 0 Å². The van der Waals surface area contributed by atoms with Crippen LogP contribution in [0.1, 0.15) is 59.3 Å². The largest absolute Gasteiger partial charge is 0.396 e. The maximum absolute atomic E-state index is 8.07. The molecule has 0 aromatic rings. The van der Waals surface area contributed by atoms with E-state index < -0.39 is 0 Å².